The first-order valence-corrected chi connectivity index (χ1v) is 9.62. The second kappa shape index (κ2) is 8.64. The molecule has 0 bridgehead atoms. The average Bonchev–Trinajstić information content (AvgIpc) is 2.78. The third kappa shape index (κ3) is 4.66. The second-order valence-corrected chi connectivity index (χ2v) is 6.97. The summed E-state index contributed by atoms with van der Waals surface area (Å²) < 4.78 is 0. The molecular formula is C21H23N7O. The number of anilines is 2. The molecule has 1 amide bonds. The standard InChI is InChI=1S/C21H23N7O/c1-16-4-2-5-17(12-16)13-24-20-25-14-18(15-26-20)19(29)27-8-10-28(11-9-27)21-22-6-3-7-23-21/h2-7,12,14-15H,8-11,13H2,1H3,(H,24,25,26). The van der Waals surface area contributed by atoms with Gasteiger partial charge in [-0.2, -0.15) is 0 Å². The minimum atomic E-state index is -0.0520. The van der Waals surface area contributed by atoms with Crippen LogP contribution < -0.4 is 10.2 Å². The van der Waals surface area contributed by atoms with Crippen LogP contribution in [0.2, 0.25) is 0 Å². The first-order chi connectivity index (χ1) is 14.2. The lowest BCUT2D eigenvalue weighted by atomic mass is 10.1. The topological polar surface area (TPSA) is 87.1 Å². The van der Waals surface area contributed by atoms with E-state index >= 15 is 0 Å². The van der Waals surface area contributed by atoms with E-state index in [1.54, 1.807) is 30.9 Å². The van der Waals surface area contributed by atoms with Crippen LogP contribution in [0.1, 0.15) is 21.5 Å². The Labute approximate surface area is 169 Å². The van der Waals surface area contributed by atoms with Gasteiger partial charge in [0.2, 0.25) is 11.9 Å². The Morgan fingerprint density at radius 3 is 2.41 bits per heavy atom. The molecule has 0 saturated carbocycles. The van der Waals surface area contributed by atoms with Gasteiger partial charge in [-0.05, 0) is 18.6 Å². The molecule has 1 aliphatic rings. The number of carbonyl (C=O) groups is 1. The van der Waals surface area contributed by atoms with Crippen LogP contribution in [0, 0.1) is 6.92 Å². The van der Waals surface area contributed by atoms with Crippen molar-refractivity contribution in [3.05, 3.63) is 71.8 Å². The summed E-state index contributed by atoms with van der Waals surface area (Å²) in [5.41, 5.74) is 2.87. The van der Waals surface area contributed by atoms with Crippen molar-refractivity contribution in [2.24, 2.45) is 0 Å². The molecule has 1 fully saturated rings. The van der Waals surface area contributed by atoms with Crippen molar-refractivity contribution in [3.63, 3.8) is 0 Å². The van der Waals surface area contributed by atoms with E-state index in [1.165, 1.54) is 5.56 Å². The molecule has 4 rings (SSSR count). The number of nitrogens with one attached hydrogen (secondary N) is 1. The number of hydrogen-bond donors (Lipinski definition) is 1. The number of carbonyl (C=O) groups excluding carboxylic acids is 1. The fourth-order valence-corrected chi connectivity index (χ4v) is 3.28. The number of nitrogens with zero attached hydrogens (tertiary/aromatic N) is 6. The highest BCUT2D eigenvalue weighted by molar-refractivity contribution is 5.93. The lowest BCUT2D eigenvalue weighted by molar-refractivity contribution is 0.0745. The summed E-state index contributed by atoms with van der Waals surface area (Å²) in [6.07, 6.45) is 6.62. The van der Waals surface area contributed by atoms with Crippen LogP contribution in [0.3, 0.4) is 0 Å². The van der Waals surface area contributed by atoms with Crippen LogP contribution in [-0.4, -0.2) is 56.9 Å². The molecule has 1 N–H and O–H groups in total. The van der Waals surface area contributed by atoms with E-state index in [9.17, 15) is 4.79 Å². The number of hydrogen-bond acceptors (Lipinski definition) is 7. The number of aromatic nitrogens is 4. The first-order valence-electron chi connectivity index (χ1n) is 9.62. The zero-order chi connectivity index (χ0) is 20.1. The van der Waals surface area contributed by atoms with Gasteiger partial charge >= 0.3 is 0 Å². The van der Waals surface area contributed by atoms with Gasteiger partial charge in [-0.15, -0.1) is 0 Å². The van der Waals surface area contributed by atoms with Crippen molar-refractivity contribution in [1.29, 1.82) is 0 Å². The lowest BCUT2D eigenvalue weighted by Crippen LogP contribution is -2.49. The van der Waals surface area contributed by atoms with Crippen LogP contribution in [0.5, 0.6) is 0 Å². The zero-order valence-corrected chi connectivity index (χ0v) is 16.3. The van der Waals surface area contributed by atoms with Gasteiger partial charge in [0.25, 0.3) is 5.91 Å². The minimum absolute atomic E-state index is 0.0520. The number of amides is 1. The van der Waals surface area contributed by atoms with E-state index in [1.807, 2.05) is 11.0 Å². The van der Waals surface area contributed by atoms with E-state index in [0.717, 1.165) is 5.56 Å². The molecule has 0 unspecified atom stereocenters. The van der Waals surface area contributed by atoms with Gasteiger partial charge in [0, 0.05) is 57.5 Å². The number of rotatable bonds is 5. The second-order valence-electron chi connectivity index (χ2n) is 6.97. The maximum Gasteiger partial charge on any atom is 0.257 e. The predicted molar refractivity (Wildman–Crippen MR) is 111 cm³/mol. The van der Waals surface area contributed by atoms with E-state index in [-0.39, 0.29) is 5.91 Å². The molecule has 3 heterocycles. The van der Waals surface area contributed by atoms with Gasteiger partial charge in [0.1, 0.15) is 0 Å². The van der Waals surface area contributed by atoms with Crippen molar-refractivity contribution < 1.29 is 4.79 Å². The van der Waals surface area contributed by atoms with Crippen LogP contribution in [0.15, 0.2) is 55.1 Å². The van der Waals surface area contributed by atoms with E-state index in [0.29, 0.717) is 50.2 Å². The highest BCUT2D eigenvalue weighted by Crippen LogP contribution is 2.13. The summed E-state index contributed by atoms with van der Waals surface area (Å²) in [6, 6.07) is 10.1. The molecule has 148 valence electrons. The van der Waals surface area contributed by atoms with Crippen LogP contribution in [0.4, 0.5) is 11.9 Å². The predicted octanol–water partition coefficient (Wildman–Crippen LogP) is 2.15. The Bertz CT molecular complexity index is 954. The molecule has 1 aromatic carbocycles. The van der Waals surface area contributed by atoms with Crippen LogP contribution in [-0.2, 0) is 6.54 Å². The quantitative estimate of drug-likeness (QED) is 0.715. The fraction of sp³-hybridized carbons (Fsp3) is 0.286. The summed E-state index contributed by atoms with van der Waals surface area (Å²) in [7, 11) is 0. The molecule has 0 spiro atoms. The smallest absolute Gasteiger partial charge is 0.257 e. The Kier molecular flexibility index (Phi) is 5.60. The monoisotopic (exact) mass is 389 g/mol. The largest absolute Gasteiger partial charge is 0.350 e. The van der Waals surface area contributed by atoms with Crippen LogP contribution in [0.25, 0.3) is 0 Å². The average molecular weight is 389 g/mol. The van der Waals surface area contributed by atoms with Gasteiger partial charge in [-0.25, -0.2) is 19.9 Å². The molecule has 0 aliphatic carbocycles. The molecule has 3 aromatic rings. The van der Waals surface area contributed by atoms with Crippen molar-refractivity contribution >= 4 is 17.8 Å². The molecule has 8 nitrogen and oxygen atoms in total. The molecule has 1 saturated heterocycles. The molecule has 1 aliphatic heterocycles. The van der Waals surface area contributed by atoms with E-state index in [4.69, 9.17) is 0 Å². The van der Waals surface area contributed by atoms with Gasteiger partial charge in [0.05, 0.1) is 5.56 Å². The highest BCUT2D eigenvalue weighted by Gasteiger charge is 2.23. The van der Waals surface area contributed by atoms with Crippen molar-refractivity contribution in [2.45, 2.75) is 13.5 Å². The van der Waals surface area contributed by atoms with Crippen molar-refractivity contribution in [1.82, 2.24) is 24.8 Å². The third-order valence-corrected chi connectivity index (χ3v) is 4.83. The summed E-state index contributed by atoms with van der Waals surface area (Å²) in [4.78, 5) is 33.8. The van der Waals surface area contributed by atoms with Gasteiger partial charge < -0.3 is 15.1 Å². The fourth-order valence-electron chi connectivity index (χ4n) is 3.28. The van der Waals surface area contributed by atoms with Gasteiger partial charge in [-0.3, -0.25) is 4.79 Å². The molecule has 0 atom stereocenters. The summed E-state index contributed by atoms with van der Waals surface area (Å²) in [6.45, 7) is 5.33. The molecular weight excluding hydrogens is 366 g/mol. The van der Waals surface area contributed by atoms with Crippen LogP contribution >= 0.6 is 0 Å². The van der Waals surface area contributed by atoms with E-state index < -0.39 is 0 Å². The Balaban J connectivity index is 1.31. The lowest BCUT2D eigenvalue weighted by Gasteiger charge is -2.34. The molecule has 29 heavy (non-hydrogen) atoms. The highest BCUT2D eigenvalue weighted by atomic mass is 16.2. The van der Waals surface area contributed by atoms with Crippen molar-refractivity contribution in [3.8, 4) is 0 Å². The van der Waals surface area contributed by atoms with Gasteiger partial charge in [0.15, 0.2) is 0 Å². The normalized spacial score (nSPS) is 14.0. The maximum absolute atomic E-state index is 12.7. The Hall–Kier alpha value is -3.55. The summed E-state index contributed by atoms with van der Waals surface area (Å²) in [5, 5.41) is 3.19. The van der Waals surface area contributed by atoms with E-state index in [2.05, 4.69) is 55.3 Å². The molecule has 8 heteroatoms. The first kappa shape index (κ1) is 18.8. The Morgan fingerprint density at radius 2 is 1.72 bits per heavy atom. The zero-order valence-electron chi connectivity index (χ0n) is 16.3. The number of benzene rings is 1. The molecule has 0 radical (unpaired) electrons. The minimum Gasteiger partial charge on any atom is -0.350 e. The molecule has 2 aromatic heterocycles. The Morgan fingerprint density at radius 1 is 1.00 bits per heavy atom. The van der Waals surface area contributed by atoms with Crippen molar-refractivity contribution in [2.75, 3.05) is 36.4 Å². The van der Waals surface area contributed by atoms with Gasteiger partial charge in [-0.1, -0.05) is 29.8 Å². The maximum atomic E-state index is 12.7. The summed E-state index contributed by atoms with van der Waals surface area (Å²) >= 11 is 0. The number of piperazine rings is 1. The third-order valence-electron chi connectivity index (χ3n) is 4.83. The number of aryl methyl sites for hydroxylation is 1. The SMILES string of the molecule is Cc1cccc(CNc2ncc(C(=O)N3CCN(c4ncccn4)CC3)cn2)c1. The summed E-state index contributed by atoms with van der Waals surface area (Å²) in [5.74, 6) is 1.16.